The average Bonchev–Trinajstić information content (AvgIpc) is 1.85. The second-order valence-electron chi connectivity index (χ2n) is 1.96. The van der Waals surface area contributed by atoms with Crippen LogP contribution < -0.4 is 4.18 Å². The molecular formula is C6H7NO3S. The fourth-order valence-corrected chi connectivity index (χ4v) is 0.960. The van der Waals surface area contributed by atoms with Crippen LogP contribution in [0.25, 0.3) is 0 Å². The summed E-state index contributed by atoms with van der Waals surface area (Å²) < 4.78 is 25.5. The molecule has 0 aliphatic rings. The molecule has 1 aromatic heterocycles. The molecule has 0 aliphatic carbocycles. The highest BCUT2D eigenvalue weighted by molar-refractivity contribution is 7.86. The lowest BCUT2D eigenvalue weighted by atomic mass is 10.5. The molecule has 1 aromatic rings. The molecule has 0 saturated heterocycles. The Morgan fingerprint density at radius 3 is 2.64 bits per heavy atom. The van der Waals surface area contributed by atoms with Crippen molar-refractivity contribution >= 4 is 10.1 Å². The second-order valence-corrected chi connectivity index (χ2v) is 3.53. The summed E-state index contributed by atoms with van der Waals surface area (Å²) in [4.78, 5) is 3.66. The SMILES string of the molecule is CS(=O)(=O)Oc1ccccn1. The van der Waals surface area contributed by atoms with Gasteiger partial charge in [-0.2, -0.15) is 8.42 Å². The lowest BCUT2D eigenvalue weighted by Crippen LogP contribution is -2.06. The molecule has 0 radical (unpaired) electrons. The summed E-state index contributed by atoms with van der Waals surface area (Å²) in [5.74, 6) is 0.0926. The zero-order valence-electron chi connectivity index (χ0n) is 5.89. The summed E-state index contributed by atoms with van der Waals surface area (Å²) in [5, 5.41) is 0. The second kappa shape index (κ2) is 2.87. The third-order valence-corrected chi connectivity index (χ3v) is 1.35. The lowest BCUT2D eigenvalue weighted by molar-refractivity contribution is 0.483. The molecule has 4 nitrogen and oxygen atoms in total. The molecule has 0 spiro atoms. The molecule has 1 heterocycles. The first-order valence-electron chi connectivity index (χ1n) is 2.88. The van der Waals surface area contributed by atoms with E-state index in [2.05, 4.69) is 9.17 Å². The van der Waals surface area contributed by atoms with Crippen molar-refractivity contribution in [2.75, 3.05) is 6.26 Å². The van der Waals surface area contributed by atoms with Gasteiger partial charge in [0.1, 0.15) is 0 Å². The molecule has 0 amide bonds. The van der Waals surface area contributed by atoms with Crippen LogP contribution in [0.1, 0.15) is 0 Å². The Labute approximate surface area is 65.0 Å². The number of aromatic nitrogens is 1. The molecule has 0 bridgehead atoms. The molecule has 0 N–H and O–H groups in total. The van der Waals surface area contributed by atoms with E-state index in [4.69, 9.17) is 0 Å². The van der Waals surface area contributed by atoms with Crippen molar-refractivity contribution in [2.24, 2.45) is 0 Å². The van der Waals surface area contributed by atoms with Crippen LogP contribution >= 0.6 is 0 Å². The summed E-state index contributed by atoms with van der Waals surface area (Å²) in [7, 11) is -3.44. The van der Waals surface area contributed by atoms with Crippen LogP contribution in [0, 0.1) is 0 Å². The number of hydrogen-bond donors (Lipinski definition) is 0. The predicted octanol–water partition coefficient (Wildman–Crippen LogP) is 0.420. The molecule has 1 rings (SSSR count). The molecular weight excluding hydrogens is 166 g/mol. The Morgan fingerprint density at radius 2 is 2.18 bits per heavy atom. The van der Waals surface area contributed by atoms with Gasteiger partial charge in [0.2, 0.25) is 5.88 Å². The highest BCUT2D eigenvalue weighted by Gasteiger charge is 2.02. The van der Waals surface area contributed by atoms with Crippen LogP contribution in [-0.2, 0) is 10.1 Å². The predicted molar refractivity (Wildman–Crippen MR) is 39.7 cm³/mol. The smallest absolute Gasteiger partial charge is 0.307 e. The van der Waals surface area contributed by atoms with Gasteiger partial charge in [-0.3, -0.25) is 0 Å². The van der Waals surface area contributed by atoms with E-state index in [1.54, 1.807) is 12.1 Å². The van der Waals surface area contributed by atoms with Gasteiger partial charge >= 0.3 is 10.1 Å². The monoisotopic (exact) mass is 173 g/mol. The van der Waals surface area contributed by atoms with Crippen LogP contribution in [0.15, 0.2) is 24.4 Å². The van der Waals surface area contributed by atoms with Gasteiger partial charge in [-0.1, -0.05) is 6.07 Å². The zero-order valence-corrected chi connectivity index (χ0v) is 6.71. The van der Waals surface area contributed by atoms with Gasteiger partial charge in [-0.15, -0.1) is 0 Å². The standard InChI is InChI=1S/C6H7NO3S/c1-11(8,9)10-6-4-2-3-5-7-6/h2-5H,1H3. The zero-order chi connectivity index (χ0) is 8.32. The molecule has 0 aromatic carbocycles. The van der Waals surface area contributed by atoms with E-state index >= 15 is 0 Å². The van der Waals surface area contributed by atoms with Gasteiger partial charge in [0.25, 0.3) is 0 Å². The normalized spacial score (nSPS) is 11.0. The summed E-state index contributed by atoms with van der Waals surface area (Å²) in [5.41, 5.74) is 0. The number of hydrogen-bond acceptors (Lipinski definition) is 4. The highest BCUT2D eigenvalue weighted by Crippen LogP contribution is 2.05. The van der Waals surface area contributed by atoms with Crippen LogP contribution in [0.5, 0.6) is 5.88 Å². The average molecular weight is 173 g/mol. The minimum atomic E-state index is -3.44. The lowest BCUT2D eigenvalue weighted by Gasteiger charge is -1.98. The first-order chi connectivity index (χ1) is 5.08. The molecule has 0 fully saturated rings. The van der Waals surface area contributed by atoms with Crippen molar-refractivity contribution in [3.63, 3.8) is 0 Å². The summed E-state index contributed by atoms with van der Waals surface area (Å²) in [6.45, 7) is 0. The van der Waals surface area contributed by atoms with Crippen LogP contribution in [0.2, 0.25) is 0 Å². The number of pyridine rings is 1. The van der Waals surface area contributed by atoms with Crippen LogP contribution in [-0.4, -0.2) is 19.7 Å². The Bertz CT molecular complexity index is 319. The fourth-order valence-electron chi connectivity index (χ4n) is 0.551. The molecule has 60 valence electrons. The summed E-state index contributed by atoms with van der Waals surface area (Å²) in [6.07, 6.45) is 2.43. The van der Waals surface area contributed by atoms with E-state index in [0.29, 0.717) is 0 Å². The fraction of sp³-hybridized carbons (Fsp3) is 0.167. The molecule has 0 saturated carbocycles. The minimum Gasteiger partial charge on any atom is -0.362 e. The maximum atomic E-state index is 10.5. The van der Waals surface area contributed by atoms with E-state index < -0.39 is 10.1 Å². The first kappa shape index (κ1) is 8.00. The topological polar surface area (TPSA) is 56.3 Å². The van der Waals surface area contributed by atoms with Crippen LogP contribution in [0.3, 0.4) is 0 Å². The maximum Gasteiger partial charge on any atom is 0.307 e. The van der Waals surface area contributed by atoms with Gasteiger partial charge in [-0.25, -0.2) is 4.98 Å². The van der Waals surface area contributed by atoms with Crippen molar-refractivity contribution in [1.29, 1.82) is 0 Å². The van der Waals surface area contributed by atoms with Gasteiger partial charge in [0.15, 0.2) is 0 Å². The van der Waals surface area contributed by atoms with E-state index in [1.165, 1.54) is 12.3 Å². The van der Waals surface area contributed by atoms with Crippen molar-refractivity contribution in [1.82, 2.24) is 4.98 Å². The Kier molecular flexibility index (Phi) is 2.09. The maximum absolute atomic E-state index is 10.5. The van der Waals surface area contributed by atoms with Crippen molar-refractivity contribution in [3.05, 3.63) is 24.4 Å². The largest absolute Gasteiger partial charge is 0.362 e. The third-order valence-electron chi connectivity index (χ3n) is 0.875. The van der Waals surface area contributed by atoms with E-state index in [-0.39, 0.29) is 5.88 Å². The molecule has 0 aliphatic heterocycles. The Hall–Kier alpha value is -1.10. The molecule has 5 heteroatoms. The molecule has 11 heavy (non-hydrogen) atoms. The first-order valence-corrected chi connectivity index (χ1v) is 4.70. The van der Waals surface area contributed by atoms with Crippen molar-refractivity contribution in [2.45, 2.75) is 0 Å². The number of rotatable bonds is 2. The van der Waals surface area contributed by atoms with Crippen molar-refractivity contribution < 1.29 is 12.6 Å². The quantitative estimate of drug-likeness (QED) is 0.608. The van der Waals surface area contributed by atoms with Gasteiger partial charge in [-0.05, 0) is 6.07 Å². The van der Waals surface area contributed by atoms with E-state index in [9.17, 15) is 8.42 Å². The molecule has 0 unspecified atom stereocenters. The van der Waals surface area contributed by atoms with Gasteiger partial charge in [0, 0.05) is 12.3 Å². The summed E-state index contributed by atoms with van der Waals surface area (Å²) in [6, 6.07) is 4.80. The van der Waals surface area contributed by atoms with Gasteiger partial charge in [0.05, 0.1) is 6.26 Å². The van der Waals surface area contributed by atoms with Crippen molar-refractivity contribution in [3.8, 4) is 5.88 Å². The third kappa shape index (κ3) is 2.99. The van der Waals surface area contributed by atoms with Crippen LogP contribution in [0.4, 0.5) is 0 Å². The van der Waals surface area contributed by atoms with E-state index in [0.717, 1.165) is 6.26 Å². The number of nitrogens with zero attached hydrogens (tertiary/aromatic N) is 1. The molecule has 0 atom stereocenters. The Morgan fingerprint density at radius 1 is 1.45 bits per heavy atom. The van der Waals surface area contributed by atoms with E-state index in [1.807, 2.05) is 0 Å². The Balaban J connectivity index is 2.82. The highest BCUT2D eigenvalue weighted by atomic mass is 32.2. The van der Waals surface area contributed by atoms with Gasteiger partial charge < -0.3 is 4.18 Å². The minimum absolute atomic E-state index is 0.0926. The summed E-state index contributed by atoms with van der Waals surface area (Å²) >= 11 is 0.